The summed E-state index contributed by atoms with van der Waals surface area (Å²) in [6.07, 6.45) is 2.63. The largest absolute Gasteiger partial charge is 0.497 e. The number of hydrogen-bond acceptors (Lipinski definition) is 6. The number of methoxy groups -OCH3 is 2. The molecule has 1 N–H and O–H groups in total. The van der Waals surface area contributed by atoms with Gasteiger partial charge in [-0.25, -0.2) is 0 Å². The number of nitrogens with zero attached hydrogens (tertiary/aromatic N) is 1. The molecule has 3 aromatic rings. The van der Waals surface area contributed by atoms with Crippen molar-refractivity contribution >= 4 is 10.8 Å². The molecule has 1 aliphatic heterocycles. The summed E-state index contributed by atoms with van der Waals surface area (Å²) in [7, 11) is 3.31. The van der Waals surface area contributed by atoms with Crippen molar-refractivity contribution in [3.05, 3.63) is 47.7 Å². The molecular formula is C25H30N2O4. The first kappa shape index (κ1) is 21.4. The SMILES string of the molecule is CCC1(Oc2c(C)cc(-c3cc4cc(OC)cc(OC)c4cn3)cc2C)CNCCO1. The minimum atomic E-state index is -0.621. The van der Waals surface area contributed by atoms with Crippen LogP contribution in [-0.2, 0) is 4.74 Å². The predicted octanol–water partition coefficient (Wildman–Crippen LogP) is 4.64. The summed E-state index contributed by atoms with van der Waals surface area (Å²) in [6, 6.07) is 10.2. The van der Waals surface area contributed by atoms with E-state index in [1.165, 1.54) is 0 Å². The molecule has 6 heteroatoms. The van der Waals surface area contributed by atoms with Crippen LogP contribution in [0.2, 0.25) is 0 Å². The third-order valence-corrected chi connectivity index (χ3v) is 5.85. The summed E-state index contributed by atoms with van der Waals surface area (Å²) < 4.78 is 23.4. The van der Waals surface area contributed by atoms with E-state index in [0.29, 0.717) is 13.2 Å². The van der Waals surface area contributed by atoms with Gasteiger partial charge in [0.2, 0.25) is 5.79 Å². The average Bonchev–Trinajstić information content (AvgIpc) is 2.80. The van der Waals surface area contributed by atoms with Crippen LogP contribution in [0.5, 0.6) is 17.2 Å². The Kier molecular flexibility index (Phi) is 6.03. The monoisotopic (exact) mass is 422 g/mol. The maximum atomic E-state index is 6.44. The summed E-state index contributed by atoms with van der Waals surface area (Å²) in [5, 5.41) is 5.35. The van der Waals surface area contributed by atoms with Crippen LogP contribution in [0.4, 0.5) is 0 Å². The fraction of sp³-hybridized carbons (Fsp3) is 0.400. The molecule has 0 bridgehead atoms. The summed E-state index contributed by atoms with van der Waals surface area (Å²) in [6.45, 7) is 8.41. The number of nitrogens with one attached hydrogen (secondary N) is 1. The minimum absolute atomic E-state index is 0.621. The Hall–Kier alpha value is -2.83. The maximum absolute atomic E-state index is 6.44. The van der Waals surface area contributed by atoms with Crippen molar-refractivity contribution in [3.8, 4) is 28.5 Å². The first-order chi connectivity index (χ1) is 15.0. The number of aromatic nitrogens is 1. The summed E-state index contributed by atoms with van der Waals surface area (Å²) in [5.74, 6) is 1.75. The van der Waals surface area contributed by atoms with Gasteiger partial charge >= 0.3 is 0 Å². The Labute approximate surface area is 183 Å². The molecular weight excluding hydrogens is 392 g/mol. The van der Waals surface area contributed by atoms with Crippen LogP contribution in [0.1, 0.15) is 24.5 Å². The zero-order valence-corrected chi connectivity index (χ0v) is 18.9. The third kappa shape index (κ3) is 4.18. The van der Waals surface area contributed by atoms with Gasteiger partial charge in [-0.05, 0) is 54.6 Å². The molecule has 31 heavy (non-hydrogen) atoms. The Bertz CT molecular complexity index is 1070. The molecule has 164 valence electrons. The Morgan fingerprint density at radius 2 is 1.84 bits per heavy atom. The van der Waals surface area contributed by atoms with Crippen molar-refractivity contribution < 1.29 is 18.9 Å². The molecule has 2 aromatic carbocycles. The molecule has 2 heterocycles. The number of rotatable bonds is 6. The van der Waals surface area contributed by atoms with Gasteiger partial charge in [0, 0.05) is 36.2 Å². The van der Waals surface area contributed by atoms with Crippen LogP contribution >= 0.6 is 0 Å². The van der Waals surface area contributed by atoms with E-state index in [9.17, 15) is 0 Å². The van der Waals surface area contributed by atoms with E-state index in [0.717, 1.165) is 63.4 Å². The highest BCUT2D eigenvalue weighted by molar-refractivity contribution is 5.91. The van der Waals surface area contributed by atoms with E-state index in [-0.39, 0.29) is 0 Å². The number of aryl methyl sites for hydroxylation is 2. The standard InChI is InChI=1S/C25H30N2O4/c1-6-25(15-26-7-8-30-25)31-24-16(2)9-19(10-17(24)3)22-12-18-11-20(28-4)13-23(29-5)21(18)14-27-22/h9-14,26H,6-8,15H2,1-5H3. The lowest BCUT2D eigenvalue weighted by molar-refractivity contribution is -0.196. The topological polar surface area (TPSA) is 61.8 Å². The van der Waals surface area contributed by atoms with E-state index in [2.05, 4.69) is 44.3 Å². The molecule has 1 aliphatic rings. The highest BCUT2D eigenvalue weighted by atomic mass is 16.7. The Balaban J connectivity index is 1.71. The van der Waals surface area contributed by atoms with Crippen LogP contribution in [0.15, 0.2) is 36.5 Å². The molecule has 0 aliphatic carbocycles. The number of pyridine rings is 1. The normalized spacial score (nSPS) is 18.7. The number of ether oxygens (including phenoxy) is 4. The molecule has 6 nitrogen and oxygen atoms in total. The van der Waals surface area contributed by atoms with Gasteiger partial charge in [0.15, 0.2) is 0 Å². The first-order valence-electron chi connectivity index (χ1n) is 10.7. The molecule has 4 rings (SSSR count). The summed E-state index contributed by atoms with van der Waals surface area (Å²) in [4.78, 5) is 4.70. The van der Waals surface area contributed by atoms with E-state index in [1.54, 1.807) is 14.2 Å². The Morgan fingerprint density at radius 1 is 1.06 bits per heavy atom. The van der Waals surface area contributed by atoms with E-state index in [1.807, 2.05) is 18.3 Å². The lowest BCUT2D eigenvalue weighted by Crippen LogP contribution is -2.53. The lowest BCUT2D eigenvalue weighted by Gasteiger charge is -2.38. The van der Waals surface area contributed by atoms with Crippen molar-refractivity contribution in [2.75, 3.05) is 33.9 Å². The van der Waals surface area contributed by atoms with E-state index >= 15 is 0 Å². The molecule has 0 spiro atoms. The molecule has 1 unspecified atom stereocenters. The van der Waals surface area contributed by atoms with Gasteiger partial charge in [0.25, 0.3) is 0 Å². The fourth-order valence-electron chi connectivity index (χ4n) is 4.09. The summed E-state index contributed by atoms with van der Waals surface area (Å²) in [5.41, 5.74) is 4.05. The van der Waals surface area contributed by atoms with Gasteiger partial charge in [0.1, 0.15) is 17.2 Å². The number of benzene rings is 2. The van der Waals surface area contributed by atoms with Gasteiger partial charge in [-0.15, -0.1) is 0 Å². The van der Waals surface area contributed by atoms with Crippen LogP contribution < -0.4 is 19.5 Å². The summed E-state index contributed by atoms with van der Waals surface area (Å²) >= 11 is 0. The first-order valence-corrected chi connectivity index (χ1v) is 10.7. The number of hydrogen-bond donors (Lipinski definition) is 1. The second kappa shape index (κ2) is 8.73. The fourth-order valence-corrected chi connectivity index (χ4v) is 4.09. The van der Waals surface area contributed by atoms with Crippen LogP contribution in [0.3, 0.4) is 0 Å². The molecule has 0 saturated carbocycles. The molecule has 1 atom stereocenters. The second-order valence-electron chi connectivity index (χ2n) is 7.95. The van der Waals surface area contributed by atoms with Crippen molar-refractivity contribution in [1.82, 2.24) is 10.3 Å². The maximum Gasteiger partial charge on any atom is 0.222 e. The second-order valence-corrected chi connectivity index (χ2v) is 7.95. The van der Waals surface area contributed by atoms with E-state index in [4.69, 9.17) is 23.9 Å². The van der Waals surface area contributed by atoms with Gasteiger partial charge in [-0.2, -0.15) is 0 Å². The smallest absolute Gasteiger partial charge is 0.222 e. The van der Waals surface area contributed by atoms with Crippen LogP contribution in [-0.4, -0.2) is 44.7 Å². The van der Waals surface area contributed by atoms with Gasteiger partial charge in [-0.3, -0.25) is 4.98 Å². The zero-order valence-electron chi connectivity index (χ0n) is 18.9. The molecule has 0 amide bonds. The molecule has 1 fully saturated rings. The zero-order chi connectivity index (χ0) is 22.0. The minimum Gasteiger partial charge on any atom is -0.497 e. The predicted molar refractivity (Wildman–Crippen MR) is 122 cm³/mol. The van der Waals surface area contributed by atoms with Crippen molar-refractivity contribution in [2.45, 2.75) is 33.0 Å². The van der Waals surface area contributed by atoms with Gasteiger partial charge in [-0.1, -0.05) is 6.92 Å². The van der Waals surface area contributed by atoms with Crippen molar-refractivity contribution in [2.24, 2.45) is 0 Å². The number of fused-ring (bicyclic) bond motifs is 1. The van der Waals surface area contributed by atoms with Crippen LogP contribution in [0.25, 0.3) is 22.0 Å². The highest BCUT2D eigenvalue weighted by Crippen LogP contribution is 2.36. The van der Waals surface area contributed by atoms with Crippen molar-refractivity contribution in [1.29, 1.82) is 0 Å². The lowest BCUT2D eigenvalue weighted by atomic mass is 10.0. The molecule has 0 radical (unpaired) electrons. The molecule has 1 saturated heterocycles. The van der Waals surface area contributed by atoms with Crippen molar-refractivity contribution in [3.63, 3.8) is 0 Å². The van der Waals surface area contributed by atoms with E-state index < -0.39 is 5.79 Å². The molecule has 1 aromatic heterocycles. The quantitative estimate of drug-likeness (QED) is 0.624. The average molecular weight is 423 g/mol. The van der Waals surface area contributed by atoms with Crippen LogP contribution in [0, 0.1) is 13.8 Å². The third-order valence-electron chi connectivity index (χ3n) is 5.85. The van der Waals surface area contributed by atoms with Gasteiger partial charge < -0.3 is 24.3 Å². The number of morpholine rings is 1. The van der Waals surface area contributed by atoms with Gasteiger partial charge in [0.05, 0.1) is 33.1 Å². The Morgan fingerprint density at radius 3 is 2.45 bits per heavy atom. The highest BCUT2D eigenvalue weighted by Gasteiger charge is 2.34.